The molecular weight excluding hydrogens is 402 g/mol. The normalized spacial score (nSPS) is 36.2. The lowest BCUT2D eigenvalue weighted by atomic mass is 9.90. The highest BCUT2D eigenvalue weighted by molar-refractivity contribution is 8.14. The molecule has 3 aliphatic rings. The lowest BCUT2D eigenvalue weighted by Crippen LogP contribution is -2.58. The lowest BCUT2D eigenvalue weighted by molar-refractivity contribution is -0.282. The first-order valence-corrected chi connectivity index (χ1v) is 11.7. The van der Waals surface area contributed by atoms with Crippen molar-refractivity contribution >= 4 is 23.0 Å². The van der Waals surface area contributed by atoms with Crippen LogP contribution < -0.4 is 5.32 Å². The number of aliphatic hydroxyl groups is 1. The highest BCUT2D eigenvalue weighted by Crippen LogP contribution is 2.37. The van der Waals surface area contributed by atoms with Gasteiger partial charge in [0.2, 0.25) is 0 Å². The third-order valence-electron chi connectivity index (χ3n) is 6.13. The van der Waals surface area contributed by atoms with E-state index < -0.39 is 17.9 Å². The number of esters is 1. The summed E-state index contributed by atoms with van der Waals surface area (Å²) in [6.07, 6.45) is 7.70. The van der Waals surface area contributed by atoms with Gasteiger partial charge in [-0.25, -0.2) is 4.79 Å². The highest BCUT2D eigenvalue weighted by Gasteiger charge is 2.49. The molecule has 30 heavy (non-hydrogen) atoms. The number of allylic oxidation sites excluding steroid dienone is 2. The number of amides is 1. The van der Waals surface area contributed by atoms with E-state index in [-0.39, 0.29) is 23.7 Å². The molecule has 6 nitrogen and oxygen atoms in total. The molecule has 1 aromatic rings. The first kappa shape index (κ1) is 21.4. The predicted octanol–water partition coefficient (Wildman–Crippen LogP) is 3.82. The SMILES string of the molecule is CC1/C=C\CCc2ccccc2C(=O)OC2C[C@@H](CC1)OC(O)(C1CSC(=O)N1)C2. The second kappa shape index (κ2) is 9.12. The van der Waals surface area contributed by atoms with Gasteiger partial charge in [0.05, 0.1) is 17.7 Å². The van der Waals surface area contributed by atoms with Crippen molar-refractivity contribution in [3.63, 3.8) is 0 Å². The van der Waals surface area contributed by atoms with Crippen LogP contribution in [0.1, 0.15) is 54.9 Å². The minimum atomic E-state index is -1.54. The van der Waals surface area contributed by atoms with Crippen LogP contribution in [0.25, 0.3) is 0 Å². The van der Waals surface area contributed by atoms with Gasteiger partial charge < -0.3 is 19.9 Å². The van der Waals surface area contributed by atoms with Crippen molar-refractivity contribution in [3.05, 3.63) is 47.5 Å². The molecule has 162 valence electrons. The van der Waals surface area contributed by atoms with Gasteiger partial charge in [0.15, 0.2) is 5.79 Å². The Morgan fingerprint density at radius 2 is 2.03 bits per heavy atom. The summed E-state index contributed by atoms with van der Waals surface area (Å²) in [4.78, 5) is 24.7. The molecule has 0 aliphatic carbocycles. The van der Waals surface area contributed by atoms with Gasteiger partial charge in [-0.05, 0) is 43.2 Å². The van der Waals surface area contributed by atoms with E-state index in [1.165, 1.54) is 0 Å². The third-order valence-corrected chi connectivity index (χ3v) is 7.01. The Kier molecular flexibility index (Phi) is 6.51. The Morgan fingerprint density at radius 1 is 1.20 bits per heavy atom. The number of ether oxygens (including phenoxy) is 2. The molecule has 3 aliphatic heterocycles. The van der Waals surface area contributed by atoms with Crippen LogP contribution in [0.5, 0.6) is 0 Å². The molecule has 2 N–H and O–H groups in total. The van der Waals surface area contributed by atoms with Crippen molar-refractivity contribution in [2.75, 3.05) is 5.75 Å². The average molecular weight is 432 g/mol. The van der Waals surface area contributed by atoms with E-state index in [4.69, 9.17) is 9.47 Å². The number of hydrogen-bond acceptors (Lipinski definition) is 6. The van der Waals surface area contributed by atoms with E-state index in [1.54, 1.807) is 6.07 Å². The van der Waals surface area contributed by atoms with Gasteiger partial charge in [0.1, 0.15) is 6.10 Å². The molecular formula is C23H29NO5S. The Hall–Kier alpha value is -1.83. The van der Waals surface area contributed by atoms with E-state index in [0.717, 1.165) is 43.0 Å². The quantitative estimate of drug-likeness (QED) is 0.519. The second-order valence-corrected chi connectivity index (χ2v) is 9.52. The van der Waals surface area contributed by atoms with E-state index >= 15 is 0 Å². The van der Waals surface area contributed by atoms with Crippen molar-refractivity contribution in [2.24, 2.45) is 5.92 Å². The molecule has 2 fully saturated rings. The Morgan fingerprint density at radius 3 is 2.83 bits per heavy atom. The smallest absolute Gasteiger partial charge is 0.338 e. The third kappa shape index (κ3) is 4.90. The molecule has 0 aromatic heterocycles. The lowest BCUT2D eigenvalue weighted by Gasteiger charge is -2.43. The summed E-state index contributed by atoms with van der Waals surface area (Å²) in [7, 11) is 0. The molecule has 0 radical (unpaired) electrons. The summed E-state index contributed by atoms with van der Waals surface area (Å²) >= 11 is 1.14. The van der Waals surface area contributed by atoms with Gasteiger partial charge in [-0.2, -0.15) is 0 Å². The molecule has 2 saturated heterocycles. The van der Waals surface area contributed by atoms with Crippen LogP contribution in [0, 0.1) is 5.92 Å². The number of thioether (sulfide) groups is 1. The molecule has 0 saturated carbocycles. The summed E-state index contributed by atoms with van der Waals surface area (Å²) in [5.74, 6) is -1.07. The van der Waals surface area contributed by atoms with Gasteiger partial charge in [-0.3, -0.25) is 4.79 Å². The van der Waals surface area contributed by atoms with Crippen molar-refractivity contribution in [1.82, 2.24) is 5.32 Å². The average Bonchev–Trinajstić information content (AvgIpc) is 3.16. The van der Waals surface area contributed by atoms with Crippen LogP contribution in [0.15, 0.2) is 36.4 Å². The second-order valence-electron chi connectivity index (χ2n) is 8.53. The molecule has 0 spiro atoms. The predicted molar refractivity (Wildman–Crippen MR) is 115 cm³/mol. The molecule has 7 heteroatoms. The maximum Gasteiger partial charge on any atom is 0.338 e. The topological polar surface area (TPSA) is 84.9 Å². The number of benzene rings is 1. The zero-order valence-electron chi connectivity index (χ0n) is 17.2. The van der Waals surface area contributed by atoms with E-state index in [1.807, 2.05) is 18.2 Å². The van der Waals surface area contributed by atoms with Gasteiger partial charge in [0, 0.05) is 18.6 Å². The van der Waals surface area contributed by atoms with Crippen LogP contribution in [-0.2, 0) is 15.9 Å². The van der Waals surface area contributed by atoms with Crippen LogP contribution in [-0.4, -0.2) is 46.1 Å². The summed E-state index contributed by atoms with van der Waals surface area (Å²) in [6, 6.07) is 7.03. The summed E-state index contributed by atoms with van der Waals surface area (Å²) in [5, 5.41) is 13.9. The number of fused-ring (bicyclic) bond motifs is 3. The van der Waals surface area contributed by atoms with Crippen LogP contribution >= 0.6 is 11.8 Å². The van der Waals surface area contributed by atoms with Crippen LogP contribution in [0.4, 0.5) is 4.79 Å². The number of rotatable bonds is 1. The molecule has 4 unspecified atom stereocenters. The van der Waals surface area contributed by atoms with Crippen molar-refractivity contribution in [2.45, 2.75) is 69.5 Å². The maximum atomic E-state index is 13.0. The van der Waals surface area contributed by atoms with E-state index in [9.17, 15) is 14.7 Å². The number of carbonyl (C=O) groups excluding carboxylic acids is 2. The first-order chi connectivity index (χ1) is 14.4. The zero-order chi connectivity index (χ0) is 21.1. The zero-order valence-corrected chi connectivity index (χ0v) is 18.0. The number of aryl methyl sites for hydroxylation is 1. The van der Waals surface area contributed by atoms with Crippen molar-refractivity contribution in [1.29, 1.82) is 0 Å². The minimum absolute atomic E-state index is 0.151. The van der Waals surface area contributed by atoms with E-state index in [2.05, 4.69) is 24.4 Å². The van der Waals surface area contributed by atoms with Crippen LogP contribution in [0.2, 0.25) is 0 Å². The molecule has 4 rings (SSSR count). The van der Waals surface area contributed by atoms with Crippen molar-refractivity contribution in [3.8, 4) is 0 Å². The summed E-state index contributed by atoms with van der Waals surface area (Å²) in [6.45, 7) is 2.18. The fourth-order valence-corrected chi connectivity index (χ4v) is 5.36. The molecule has 2 bridgehead atoms. The standard InChI is InChI=1S/C23H29NO5S/c1-15-6-2-3-7-16-8-4-5-9-19(16)21(25)28-18-12-17(11-10-15)29-23(27,13-18)20-14-30-22(26)24-20/h2,4-6,8-9,15,17-18,20,27H,3,7,10-14H2,1H3,(H,24,26)/b6-2-/t15?,17-,18?,20?,23?/m1/s1. The Bertz CT molecular complexity index is 828. The molecule has 5 atom stereocenters. The Labute approximate surface area is 181 Å². The fraction of sp³-hybridized carbons (Fsp3) is 0.565. The molecule has 1 aromatic carbocycles. The molecule has 3 heterocycles. The minimum Gasteiger partial charge on any atom is -0.458 e. The number of hydrogen-bond donors (Lipinski definition) is 2. The highest BCUT2D eigenvalue weighted by atomic mass is 32.2. The van der Waals surface area contributed by atoms with Crippen molar-refractivity contribution < 1.29 is 24.2 Å². The van der Waals surface area contributed by atoms with E-state index in [0.29, 0.717) is 23.7 Å². The largest absolute Gasteiger partial charge is 0.458 e. The van der Waals surface area contributed by atoms with Crippen LogP contribution in [0.3, 0.4) is 0 Å². The van der Waals surface area contributed by atoms with Gasteiger partial charge in [0.25, 0.3) is 5.24 Å². The summed E-state index contributed by atoms with van der Waals surface area (Å²) in [5.41, 5.74) is 1.54. The molecule has 1 amide bonds. The number of carbonyl (C=O) groups is 2. The first-order valence-electron chi connectivity index (χ1n) is 10.7. The maximum absolute atomic E-state index is 13.0. The van der Waals surface area contributed by atoms with Gasteiger partial charge in [-0.1, -0.05) is 49.0 Å². The monoisotopic (exact) mass is 431 g/mol. The summed E-state index contributed by atoms with van der Waals surface area (Å²) < 4.78 is 12.0. The fourth-order valence-electron chi connectivity index (χ4n) is 4.47. The Balaban J connectivity index is 1.60. The number of nitrogens with one attached hydrogen (secondary N) is 1. The van der Waals surface area contributed by atoms with Gasteiger partial charge in [-0.15, -0.1) is 0 Å². The van der Waals surface area contributed by atoms with Gasteiger partial charge >= 0.3 is 5.97 Å².